The van der Waals surface area contributed by atoms with Crippen LogP contribution < -0.4 is 10.6 Å². The molecule has 0 atom stereocenters. The van der Waals surface area contributed by atoms with Crippen LogP contribution in [0.1, 0.15) is 39.2 Å². The van der Waals surface area contributed by atoms with Gasteiger partial charge in [0.25, 0.3) is 5.69 Å². The van der Waals surface area contributed by atoms with Gasteiger partial charge in [-0.2, -0.15) is 0 Å². The third-order valence-corrected chi connectivity index (χ3v) is 4.51. The molecule has 0 aromatic heterocycles. The maximum atomic E-state index is 10.7. The Balaban J connectivity index is 0.00000338. The number of hydrogen-bond acceptors (Lipinski definition) is 4. The lowest BCUT2D eigenvalue weighted by atomic mass is 10.0. The van der Waals surface area contributed by atoms with Gasteiger partial charge < -0.3 is 15.5 Å². The smallest absolute Gasteiger partial charge is 0.269 e. The van der Waals surface area contributed by atoms with Crippen LogP contribution in [0.25, 0.3) is 0 Å². The van der Waals surface area contributed by atoms with Crippen LogP contribution in [0, 0.1) is 10.1 Å². The summed E-state index contributed by atoms with van der Waals surface area (Å²) in [4.78, 5) is 17.4. The van der Waals surface area contributed by atoms with Crippen LogP contribution in [0.3, 0.4) is 0 Å². The number of non-ortho nitro benzene ring substituents is 1. The Labute approximate surface area is 172 Å². The average molecular weight is 475 g/mol. The van der Waals surface area contributed by atoms with Crippen LogP contribution in [-0.4, -0.2) is 47.5 Å². The van der Waals surface area contributed by atoms with Crippen LogP contribution >= 0.6 is 24.0 Å². The molecule has 0 spiro atoms. The van der Waals surface area contributed by atoms with Gasteiger partial charge in [0.1, 0.15) is 0 Å². The summed E-state index contributed by atoms with van der Waals surface area (Å²) in [6.45, 7) is 10.0. The molecule has 146 valence electrons. The summed E-state index contributed by atoms with van der Waals surface area (Å²) in [6.07, 6.45) is 2.22. The number of nitro benzene ring substituents is 1. The number of piperidine rings is 1. The Morgan fingerprint density at radius 3 is 2.42 bits per heavy atom. The Kier molecular flexibility index (Phi) is 9.85. The number of hydrogen-bond donors (Lipinski definition) is 2. The Morgan fingerprint density at radius 1 is 1.31 bits per heavy atom. The topological polar surface area (TPSA) is 82.8 Å². The number of aliphatic imine (C=N–C) groups is 1. The van der Waals surface area contributed by atoms with E-state index >= 15 is 0 Å². The third-order valence-electron chi connectivity index (χ3n) is 4.51. The number of halogens is 1. The molecule has 0 radical (unpaired) electrons. The molecular formula is C18H30IN5O2. The zero-order valence-electron chi connectivity index (χ0n) is 15.8. The predicted octanol–water partition coefficient (Wildman–Crippen LogP) is 3.14. The summed E-state index contributed by atoms with van der Waals surface area (Å²) < 4.78 is 0. The lowest BCUT2D eigenvalue weighted by Gasteiger charge is -2.35. The fraction of sp³-hybridized carbons (Fsp3) is 0.611. The van der Waals surface area contributed by atoms with Crippen molar-refractivity contribution >= 4 is 35.6 Å². The van der Waals surface area contributed by atoms with E-state index < -0.39 is 0 Å². The Morgan fingerprint density at radius 2 is 1.92 bits per heavy atom. The largest absolute Gasteiger partial charge is 0.357 e. The predicted molar refractivity (Wildman–Crippen MR) is 116 cm³/mol. The highest BCUT2D eigenvalue weighted by Gasteiger charge is 2.21. The monoisotopic (exact) mass is 475 g/mol. The second-order valence-corrected chi connectivity index (χ2v) is 6.67. The number of nitrogens with zero attached hydrogens (tertiary/aromatic N) is 3. The van der Waals surface area contributed by atoms with Gasteiger partial charge in [0.2, 0.25) is 0 Å². The molecule has 0 bridgehead atoms. The lowest BCUT2D eigenvalue weighted by Crippen LogP contribution is -2.49. The highest BCUT2D eigenvalue weighted by Crippen LogP contribution is 2.14. The molecule has 26 heavy (non-hydrogen) atoms. The van der Waals surface area contributed by atoms with Gasteiger partial charge in [-0.1, -0.05) is 12.1 Å². The molecule has 0 amide bonds. The van der Waals surface area contributed by atoms with Crippen molar-refractivity contribution in [3.8, 4) is 0 Å². The first-order chi connectivity index (χ1) is 12.0. The van der Waals surface area contributed by atoms with Gasteiger partial charge in [-0.25, -0.2) is 4.99 Å². The van der Waals surface area contributed by atoms with Crippen molar-refractivity contribution in [3.63, 3.8) is 0 Å². The average Bonchev–Trinajstić information content (AvgIpc) is 2.60. The Hall–Kier alpha value is -1.42. The van der Waals surface area contributed by atoms with Crippen molar-refractivity contribution in [1.29, 1.82) is 0 Å². The number of likely N-dealkylation sites (tertiary alicyclic amines) is 1. The number of nitrogens with one attached hydrogen (secondary N) is 2. The SMILES string of the molecule is CCNC(=NCc1ccc([N+](=O)[O-])cc1)NC1CCN(C(C)C)CC1.I. The maximum absolute atomic E-state index is 10.7. The number of guanidine groups is 1. The molecule has 8 heteroatoms. The molecule has 0 unspecified atom stereocenters. The van der Waals surface area contributed by atoms with Gasteiger partial charge in [0.15, 0.2) is 5.96 Å². The van der Waals surface area contributed by atoms with Gasteiger partial charge >= 0.3 is 0 Å². The normalized spacial score (nSPS) is 16.2. The molecular weight excluding hydrogens is 445 g/mol. The first-order valence-electron chi connectivity index (χ1n) is 9.01. The number of benzene rings is 1. The van der Waals surface area contributed by atoms with Gasteiger partial charge in [-0.15, -0.1) is 24.0 Å². The molecule has 0 saturated carbocycles. The quantitative estimate of drug-likeness (QED) is 0.217. The molecule has 1 saturated heterocycles. The Bertz CT molecular complexity index is 584. The van der Waals surface area contributed by atoms with E-state index in [9.17, 15) is 10.1 Å². The fourth-order valence-electron chi connectivity index (χ4n) is 2.97. The van der Waals surface area contributed by atoms with Crippen LogP contribution in [0.4, 0.5) is 5.69 Å². The molecule has 2 N–H and O–H groups in total. The first kappa shape index (κ1) is 22.6. The summed E-state index contributed by atoms with van der Waals surface area (Å²) in [7, 11) is 0. The summed E-state index contributed by atoms with van der Waals surface area (Å²) in [6, 6.07) is 7.59. The molecule has 7 nitrogen and oxygen atoms in total. The molecule has 0 aliphatic carbocycles. The highest BCUT2D eigenvalue weighted by atomic mass is 127. The van der Waals surface area contributed by atoms with Gasteiger partial charge in [0.05, 0.1) is 11.5 Å². The van der Waals surface area contributed by atoms with Crippen molar-refractivity contribution in [2.24, 2.45) is 4.99 Å². The maximum Gasteiger partial charge on any atom is 0.269 e. The van der Waals surface area contributed by atoms with E-state index in [-0.39, 0.29) is 34.6 Å². The van der Waals surface area contributed by atoms with Crippen molar-refractivity contribution in [3.05, 3.63) is 39.9 Å². The molecule has 1 aromatic carbocycles. The second kappa shape index (κ2) is 11.3. The lowest BCUT2D eigenvalue weighted by molar-refractivity contribution is -0.384. The number of nitro groups is 1. The van der Waals surface area contributed by atoms with Gasteiger partial charge in [-0.05, 0) is 39.2 Å². The third kappa shape index (κ3) is 7.06. The molecule has 1 aromatic rings. The number of rotatable bonds is 6. The van der Waals surface area contributed by atoms with E-state index in [1.807, 2.05) is 6.92 Å². The summed E-state index contributed by atoms with van der Waals surface area (Å²) in [5, 5.41) is 17.5. The molecule has 1 aliphatic rings. The van der Waals surface area contributed by atoms with Crippen molar-refractivity contribution < 1.29 is 4.92 Å². The second-order valence-electron chi connectivity index (χ2n) is 6.67. The fourth-order valence-corrected chi connectivity index (χ4v) is 2.97. The van der Waals surface area contributed by atoms with Crippen molar-refractivity contribution in [1.82, 2.24) is 15.5 Å². The molecule has 1 aliphatic heterocycles. The minimum absolute atomic E-state index is 0. The summed E-state index contributed by atoms with van der Waals surface area (Å²) in [5.41, 5.74) is 1.06. The van der Waals surface area contributed by atoms with Gasteiger partial charge in [0, 0.05) is 43.9 Å². The highest BCUT2D eigenvalue weighted by molar-refractivity contribution is 14.0. The standard InChI is InChI=1S/C18H29N5O2.HI/c1-4-19-18(21-16-9-11-22(12-10-16)14(2)3)20-13-15-5-7-17(8-6-15)23(24)25;/h5-8,14,16H,4,9-13H2,1-3H3,(H2,19,20,21);1H. The van der Waals surface area contributed by atoms with Crippen LogP contribution in [0.15, 0.2) is 29.3 Å². The summed E-state index contributed by atoms with van der Waals surface area (Å²) >= 11 is 0. The van der Waals surface area contributed by atoms with Crippen molar-refractivity contribution in [2.75, 3.05) is 19.6 Å². The van der Waals surface area contributed by atoms with Crippen LogP contribution in [0.2, 0.25) is 0 Å². The van der Waals surface area contributed by atoms with Gasteiger partial charge in [-0.3, -0.25) is 10.1 Å². The van der Waals surface area contributed by atoms with Crippen LogP contribution in [0.5, 0.6) is 0 Å². The van der Waals surface area contributed by atoms with E-state index in [0.29, 0.717) is 18.6 Å². The van der Waals surface area contributed by atoms with Crippen molar-refractivity contribution in [2.45, 2.75) is 52.2 Å². The molecule has 1 fully saturated rings. The zero-order valence-corrected chi connectivity index (χ0v) is 18.1. The van der Waals surface area contributed by atoms with E-state index in [0.717, 1.165) is 44.0 Å². The van der Waals surface area contributed by atoms with E-state index in [4.69, 9.17) is 0 Å². The minimum Gasteiger partial charge on any atom is -0.357 e. The molecule has 2 rings (SSSR count). The minimum atomic E-state index is -0.387. The zero-order chi connectivity index (χ0) is 18.2. The van der Waals surface area contributed by atoms with E-state index in [2.05, 4.69) is 34.4 Å². The first-order valence-corrected chi connectivity index (χ1v) is 9.01. The molecule has 1 heterocycles. The summed E-state index contributed by atoms with van der Waals surface area (Å²) in [5.74, 6) is 0.809. The van der Waals surface area contributed by atoms with E-state index in [1.165, 1.54) is 12.1 Å². The van der Waals surface area contributed by atoms with E-state index in [1.54, 1.807) is 12.1 Å². The van der Waals surface area contributed by atoms with Crippen LogP contribution in [-0.2, 0) is 6.54 Å².